The SMILES string of the molecule is CC(C)C[C@H](NC(=O)[C@H](Cc1ccccc1)NC(=O)[C@H](CC(=O)O)NC(=O)[C@H](CC(C)C)NC(=O)[C@H](CC(=O)O)NC(=O)[C@H](CC(C)C)NC(=O)[C@@H](N)CC(C)C)C(=O)N[C@@H](CCC(=O)O)C(=O)O. The number of carbonyl (C=O) groups is 11. The van der Waals surface area contributed by atoms with Gasteiger partial charge in [-0.2, -0.15) is 0 Å². The number of carboxylic acid groups (broad SMARTS) is 4. The summed E-state index contributed by atoms with van der Waals surface area (Å²) in [6.45, 7) is 14.0. The summed E-state index contributed by atoms with van der Waals surface area (Å²) in [6, 6.07) is -3.77. The first-order valence-electron chi connectivity index (χ1n) is 22.9. The van der Waals surface area contributed by atoms with Crippen molar-refractivity contribution in [1.82, 2.24) is 37.2 Å². The van der Waals surface area contributed by atoms with Crippen molar-refractivity contribution >= 4 is 65.2 Å². The Labute approximate surface area is 401 Å². The van der Waals surface area contributed by atoms with E-state index in [1.54, 1.807) is 71.9 Å². The van der Waals surface area contributed by atoms with Gasteiger partial charge in [0.05, 0.1) is 18.9 Å². The first-order valence-corrected chi connectivity index (χ1v) is 22.9. The lowest BCUT2D eigenvalue weighted by molar-refractivity contribution is -0.143. The molecule has 0 radical (unpaired) electrons. The van der Waals surface area contributed by atoms with Crippen LogP contribution in [-0.4, -0.2) is 134 Å². The highest BCUT2D eigenvalue weighted by molar-refractivity contribution is 5.99. The maximum Gasteiger partial charge on any atom is 0.326 e. The molecule has 1 aromatic carbocycles. The van der Waals surface area contributed by atoms with Gasteiger partial charge in [-0.3, -0.25) is 47.9 Å². The second-order valence-corrected chi connectivity index (χ2v) is 18.7. The molecule has 23 nitrogen and oxygen atoms in total. The molecule has 7 amide bonds. The van der Waals surface area contributed by atoms with Crippen molar-refractivity contribution in [3.8, 4) is 0 Å². The topological polar surface area (TPSA) is 379 Å². The van der Waals surface area contributed by atoms with Crippen LogP contribution in [0.15, 0.2) is 30.3 Å². The fourth-order valence-electron chi connectivity index (χ4n) is 6.99. The number of nitrogens with one attached hydrogen (secondary N) is 7. The highest BCUT2D eigenvalue weighted by atomic mass is 16.4. The molecule has 23 heteroatoms. The van der Waals surface area contributed by atoms with Gasteiger partial charge in [0.15, 0.2) is 0 Å². The third kappa shape index (κ3) is 24.3. The van der Waals surface area contributed by atoms with Gasteiger partial charge in [0.25, 0.3) is 0 Å². The zero-order valence-corrected chi connectivity index (χ0v) is 40.5. The third-order valence-electron chi connectivity index (χ3n) is 10.3. The van der Waals surface area contributed by atoms with Crippen molar-refractivity contribution in [3.63, 3.8) is 0 Å². The van der Waals surface area contributed by atoms with E-state index < -0.39 is 139 Å². The Morgan fingerprint density at radius 1 is 0.420 bits per heavy atom. The molecule has 0 unspecified atom stereocenters. The number of hydrogen-bond acceptors (Lipinski definition) is 12. The third-order valence-corrected chi connectivity index (χ3v) is 10.3. The van der Waals surface area contributed by atoms with Crippen LogP contribution in [0.1, 0.15) is 112 Å². The molecule has 0 heterocycles. The van der Waals surface area contributed by atoms with Gasteiger partial charge in [0.2, 0.25) is 41.4 Å². The van der Waals surface area contributed by atoms with Crippen LogP contribution in [0.25, 0.3) is 0 Å². The number of rotatable bonds is 32. The van der Waals surface area contributed by atoms with Gasteiger partial charge < -0.3 is 63.4 Å². The van der Waals surface area contributed by atoms with Crippen LogP contribution in [0.4, 0.5) is 0 Å². The van der Waals surface area contributed by atoms with E-state index in [0.29, 0.717) is 12.0 Å². The second-order valence-electron chi connectivity index (χ2n) is 18.7. The summed E-state index contributed by atoms with van der Waals surface area (Å²) in [5.41, 5.74) is 6.52. The number of amides is 7. The maximum atomic E-state index is 14.0. The summed E-state index contributed by atoms with van der Waals surface area (Å²) < 4.78 is 0. The molecule has 69 heavy (non-hydrogen) atoms. The molecule has 8 atom stereocenters. The monoisotopic (exact) mass is 977 g/mol. The largest absolute Gasteiger partial charge is 0.481 e. The van der Waals surface area contributed by atoms with E-state index in [2.05, 4.69) is 37.2 Å². The van der Waals surface area contributed by atoms with Crippen molar-refractivity contribution in [2.24, 2.45) is 29.4 Å². The number of benzene rings is 1. The molecule has 0 saturated heterocycles. The summed E-state index contributed by atoms with van der Waals surface area (Å²) in [5, 5.41) is 55.1. The van der Waals surface area contributed by atoms with E-state index in [1.165, 1.54) is 0 Å². The Bertz CT molecular complexity index is 1940. The molecule has 0 saturated carbocycles. The minimum Gasteiger partial charge on any atom is -0.481 e. The van der Waals surface area contributed by atoms with Gasteiger partial charge in [-0.25, -0.2) is 4.79 Å². The van der Waals surface area contributed by atoms with Crippen LogP contribution in [0.5, 0.6) is 0 Å². The molecule has 0 fully saturated rings. The predicted octanol–water partition coefficient (Wildman–Crippen LogP) is 0.0332. The lowest BCUT2D eigenvalue weighted by atomic mass is 9.99. The van der Waals surface area contributed by atoms with Crippen LogP contribution < -0.4 is 43.0 Å². The molecule has 0 spiro atoms. The van der Waals surface area contributed by atoms with Gasteiger partial charge in [-0.15, -0.1) is 0 Å². The van der Waals surface area contributed by atoms with Crippen molar-refractivity contribution in [1.29, 1.82) is 0 Å². The van der Waals surface area contributed by atoms with Crippen molar-refractivity contribution in [2.75, 3.05) is 0 Å². The zero-order valence-electron chi connectivity index (χ0n) is 40.5. The minimum absolute atomic E-state index is 0.0330. The Kier molecular flexibility index (Phi) is 26.2. The van der Waals surface area contributed by atoms with Gasteiger partial charge >= 0.3 is 23.9 Å². The van der Waals surface area contributed by atoms with E-state index in [4.69, 9.17) is 10.8 Å². The first kappa shape index (κ1) is 60.4. The first-order chi connectivity index (χ1) is 32.1. The quantitative estimate of drug-likeness (QED) is 0.0453. The zero-order chi connectivity index (χ0) is 52.7. The maximum absolute atomic E-state index is 14.0. The fraction of sp³-hybridized carbons (Fsp3) is 0.630. The highest BCUT2D eigenvalue weighted by Crippen LogP contribution is 2.13. The molecule has 0 aromatic heterocycles. The van der Waals surface area contributed by atoms with Gasteiger partial charge in [-0.1, -0.05) is 85.7 Å². The number of hydrogen-bond donors (Lipinski definition) is 12. The Morgan fingerprint density at radius 2 is 0.739 bits per heavy atom. The second kappa shape index (κ2) is 30.0. The van der Waals surface area contributed by atoms with E-state index in [1.807, 2.05) is 13.8 Å². The average Bonchev–Trinajstić information content (AvgIpc) is 3.22. The molecule has 0 aliphatic heterocycles. The van der Waals surface area contributed by atoms with Crippen LogP contribution in [0.3, 0.4) is 0 Å². The van der Waals surface area contributed by atoms with Crippen molar-refractivity contribution < 1.29 is 73.2 Å². The fourth-order valence-corrected chi connectivity index (χ4v) is 6.99. The Hall–Kier alpha value is -6.65. The number of carbonyl (C=O) groups excluding carboxylic acids is 7. The molecule has 1 rings (SSSR count). The summed E-state index contributed by atoms with van der Waals surface area (Å²) in [7, 11) is 0. The standard InChI is InChI=1S/C46H72N8O15/c1-23(2)16-28(47)39(61)49-30(17-24(3)4)41(63)53-34(21-37(57)58)44(66)51-32(19-26(7)8)42(64)54-35(22-38(59)60)45(67)52-33(20-27-12-10-9-11-13-27)43(65)50-31(18-25(5)6)40(62)48-29(46(68)69)14-15-36(55)56/h9-13,23-26,28-35H,14-22,47H2,1-8H3,(H,48,62)(H,49,61)(H,50,65)(H,51,66)(H,52,67)(H,53,63)(H,54,64)(H,55,56)(H,57,58)(H,59,60)(H,68,69)/t28-,29-,30-,31-,32-,33-,34-,35-/m0/s1. The lowest BCUT2D eigenvalue weighted by Gasteiger charge is -2.28. The van der Waals surface area contributed by atoms with Crippen molar-refractivity contribution in [3.05, 3.63) is 35.9 Å². The number of nitrogens with two attached hydrogens (primary N) is 1. The van der Waals surface area contributed by atoms with Crippen LogP contribution >= 0.6 is 0 Å². The van der Waals surface area contributed by atoms with Crippen LogP contribution in [0.2, 0.25) is 0 Å². The molecule has 1 aromatic rings. The van der Waals surface area contributed by atoms with Gasteiger partial charge in [0.1, 0.15) is 42.3 Å². The molecule has 0 bridgehead atoms. The molecular formula is C46H72N8O15. The molecule has 386 valence electrons. The normalized spacial score (nSPS) is 14.7. The number of aliphatic carboxylic acids is 4. The summed E-state index contributed by atoms with van der Waals surface area (Å²) in [5.74, 6) is -13.4. The van der Waals surface area contributed by atoms with E-state index in [-0.39, 0.29) is 49.4 Å². The average molecular weight is 977 g/mol. The number of carboxylic acids is 4. The Balaban J connectivity index is 3.52. The molecule has 0 aliphatic carbocycles. The molecule has 0 aliphatic rings. The summed E-state index contributed by atoms with van der Waals surface area (Å²) >= 11 is 0. The van der Waals surface area contributed by atoms with Crippen LogP contribution in [-0.2, 0) is 59.2 Å². The van der Waals surface area contributed by atoms with Gasteiger partial charge in [0, 0.05) is 12.8 Å². The lowest BCUT2D eigenvalue weighted by Crippen LogP contribution is -2.61. The van der Waals surface area contributed by atoms with Crippen LogP contribution in [0, 0.1) is 23.7 Å². The van der Waals surface area contributed by atoms with E-state index >= 15 is 0 Å². The highest BCUT2D eigenvalue weighted by Gasteiger charge is 2.36. The molecular weight excluding hydrogens is 905 g/mol. The predicted molar refractivity (Wildman–Crippen MR) is 248 cm³/mol. The summed E-state index contributed by atoms with van der Waals surface area (Å²) in [4.78, 5) is 143. The Morgan fingerprint density at radius 3 is 1.09 bits per heavy atom. The summed E-state index contributed by atoms with van der Waals surface area (Å²) in [6.07, 6.45) is -3.04. The molecule has 13 N–H and O–H groups in total. The minimum atomic E-state index is -1.90. The van der Waals surface area contributed by atoms with Crippen molar-refractivity contribution in [2.45, 2.75) is 162 Å². The van der Waals surface area contributed by atoms with Gasteiger partial charge in [-0.05, 0) is 61.3 Å². The van der Waals surface area contributed by atoms with E-state index in [0.717, 1.165) is 0 Å². The smallest absolute Gasteiger partial charge is 0.326 e. The van der Waals surface area contributed by atoms with E-state index in [9.17, 15) is 68.1 Å².